The first-order valence-electron chi connectivity index (χ1n) is 11.5. The molecule has 2 aliphatic rings. The predicted octanol–water partition coefficient (Wildman–Crippen LogP) is 8.57. The van der Waals surface area contributed by atoms with Crippen molar-refractivity contribution in [1.82, 2.24) is 0 Å². The van der Waals surface area contributed by atoms with E-state index in [4.69, 9.17) is 0 Å². The Hall–Kier alpha value is -4.16. The first-order chi connectivity index (χ1) is 16.4. The van der Waals surface area contributed by atoms with Gasteiger partial charge in [0, 0.05) is 0 Å². The van der Waals surface area contributed by atoms with Crippen molar-refractivity contribution >= 4 is 27.9 Å². The molecule has 0 N–H and O–H groups in total. The van der Waals surface area contributed by atoms with Crippen LogP contribution in [0.3, 0.4) is 0 Å². The normalized spacial score (nSPS) is 15.0. The molecule has 33 heavy (non-hydrogen) atoms. The van der Waals surface area contributed by atoms with Gasteiger partial charge in [-0.3, -0.25) is 0 Å². The van der Waals surface area contributed by atoms with E-state index >= 15 is 0 Å². The lowest BCUT2D eigenvalue weighted by atomic mass is 9.68. The molecular formula is C33H24. The Morgan fingerprint density at radius 3 is 1.30 bits per heavy atom. The summed E-state index contributed by atoms with van der Waals surface area (Å²) < 4.78 is 0. The van der Waals surface area contributed by atoms with Gasteiger partial charge in [0.2, 0.25) is 0 Å². The smallest absolute Gasteiger partial charge is 0.000775 e. The Kier molecular flexibility index (Phi) is 4.97. The largest absolute Gasteiger partial charge is 0.0801 e. The first kappa shape index (κ1) is 19.5. The maximum atomic E-state index is 2.29. The van der Waals surface area contributed by atoms with Crippen molar-refractivity contribution in [3.63, 3.8) is 0 Å². The molecule has 0 atom stereocenters. The second kappa shape index (κ2) is 8.41. The van der Waals surface area contributed by atoms with Gasteiger partial charge in [-0.25, -0.2) is 0 Å². The Labute approximate surface area is 195 Å². The van der Waals surface area contributed by atoms with Crippen LogP contribution in [0.2, 0.25) is 0 Å². The predicted molar refractivity (Wildman–Crippen MR) is 141 cm³/mol. The minimum Gasteiger partial charge on any atom is -0.0801 e. The molecule has 0 fully saturated rings. The molecule has 2 aliphatic carbocycles. The van der Waals surface area contributed by atoms with Gasteiger partial charge < -0.3 is 0 Å². The van der Waals surface area contributed by atoms with Crippen LogP contribution in [0.15, 0.2) is 133 Å². The number of rotatable bonds is 5. The van der Waals surface area contributed by atoms with Crippen LogP contribution in [0, 0.1) is 0 Å². The van der Waals surface area contributed by atoms with Crippen molar-refractivity contribution in [1.29, 1.82) is 0 Å². The Morgan fingerprint density at radius 2 is 0.818 bits per heavy atom. The van der Waals surface area contributed by atoms with Crippen LogP contribution >= 0.6 is 0 Å². The molecule has 0 radical (unpaired) electrons. The molecule has 0 heteroatoms. The minimum absolute atomic E-state index is 0.987. The topological polar surface area (TPSA) is 0 Å². The average molecular weight is 421 g/mol. The van der Waals surface area contributed by atoms with E-state index in [1.807, 2.05) is 0 Å². The van der Waals surface area contributed by atoms with Gasteiger partial charge in [0.1, 0.15) is 0 Å². The van der Waals surface area contributed by atoms with Crippen molar-refractivity contribution in [2.24, 2.45) is 0 Å². The fourth-order valence-electron chi connectivity index (χ4n) is 5.02. The molecule has 156 valence electrons. The lowest BCUT2D eigenvalue weighted by Gasteiger charge is -2.34. The van der Waals surface area contributed by atoms with Gasteiger partial charge in [-0.05, 0) is 62.1 Å². The molecule has 0 spiro atoms. The monoisotopic (exact) mass is 420 g/mol. The molecule has 0 unspecified atom stereocenters. The van der Waals surface area contributed by atoms with Crippen LogP contribution in [-0.2, 0) is 0 Å². The van der Waals surface area contributed by atoms with E-state index in [0.29, 0.717) is 0 Å². The molecule has 0 saturated heterocycles. The molecule has 0 amide bonds. The van der Waals surface area contributed by atoms with Crippen LogP contribution in [0.1, 0.15) is 34.2 Å². The Balaban J connectivity index is 1.65. The number of benzene rings is 4. The van der Waals surface area contributed by atoms with E-state index in [9.17, 15) is 0 Å². The molecule has 0 saturated carbocycles. The second-order valence-corrected chi connectivity index (χ2v) is 8.47. The second-order valence-electron chi connectivity index (χ2n) is 8.47. The fourth-order valence-corrected chi connectivity index (χ4v) is 5.02. The molecule has 4 aromatic rings. The highest BCUT2D eigenvalue weighted by Gasteiger charge is 2.34. The Bertz CT molecular complexity index is 1430. The van der Waals surface area contributed by atoms with E-state index in [1.54, 1.807) is 0 Å². The maximum Gasteiger partial charge on any atom is -0.000775 e. The van der Waals surface area contributed by atoms with Crippen LogP contribution < -0.4 is 0 Å². The number of hydrogen-bond donors (Lipinski definition) is 0. The molecule has 0 aliphatic heterocycles. The van der Waals surface area contributed by atoms with E-state index in [2.05, 4.69) is 133 Å². The van der Waals surface area contributed by atoms with Crippen molar-refractivity contribution in [2.45, 2.75) is 6.42 Å². The summed E-state index contributed by atoms with van der Waals surface area (Å²) in [6, 6.07) is 41.4. The van der Waals surface area contributed by atoms with Gasteiger partial charge in [0.15, 0.2) is 0 Å². The summed E-state index contributed by atoms with van der Waals surface area (Å²) in [6.45, 7) is 0. The van der Waals surface area contributed by atoms with E-state index in [0.717, 1.165) is 6.42 Å². The van der Waals surface area contributed by atoms with E-state index in [1.165, 1.54) is 55.7 Å². The lowest BCUT2D eigenvalue weighted by Crippen LogP contribution is -2.11. The summed E-state index contributed by atoms with van der Waals surface area (Å²) in [4.78, 5) is 0. The lowest BCUT2D eigenvalue weighted by molar-refractivity contribution is 1.41. The van der Waals surface area contributed by atoms with Gasteiger partial charge in [0.05, 0.1) is 0 Å². The highest BCUT2D eigenvalue weighted by Crippen LogP contribution is 2.57. The summed E-state index contributed by atoms with van der Waals surface area (Å²) in [6.07, 6.45) is 7.65. The standard InChI is InChI=1S/C33H24/c1-4-16-25(17-5-1)30-31(26-18-6-2-7-19-26)33(32(30)27-20-8-3-9-21-27)29-23-13-12-22-28(29)24-14-10-11-15-24/h1-14,16-23H,15H2. The van der Waals surface area contributed by atoms with Gasteiger partial charge >= 0.3 is 0 Å². The molecule has 0 aromatic heterocycles. The summed E-state index contributed by atoms with van der Waals surface area (Å²) >= 11 is 0. The van der Waals surface area contributed by atoms with Crippen LogP contribution in [0.4, 0.5) is 0 Å². The molecule has 6 rings (SSSR count). The van der Waals surface area contributed by atoms with Gasteiger partial charge in [0.25, 0.3) is 0 Å². The third-order valence-corrected chi connectivity index (χ3v) is 6.50. The summed E-state index contributed by atoms with van der Waals surface area (Å²) in [5.41, 5.74) is 13.1. The average Bonchev–Trinajstić information content (AvgIpc) is 3.41. The zero-order chi connectivity index (χ0) is 22.0. The highest BCUT2D eigenvalue weighted by molar-refractivity contribution is 6.43. The summed E-state index contributed by atoms with van der Waals surface area (Å²) in [7, 11) is 0. The van der Waals surface area contributed by atoms with Gasteiger partial charge in [-0.15, -0.1) is 0 Å². The van der Waals surface area contributed by atoms with Crippen molar-refractivity contribution in [3.8, 4) is 0 Å². The summed E-state index contributed by atoms with van der Waals surface area (Å²) in [5, 5.41) is 0. The zero-order valence-electron chi connectivity index (χ0n) is 18.4. The van der Waals surface area contributed by atoms with Crippen molar-refractivity contribution < 1.29 is 0 Å². The van der Waals surface area contributed by atoms with Crippen molar-refractivity contribution in [3.05, 3.63) is 161 Å². The van der Waals surface area contributed by atoms with Crippen LogP contribution in [0.5, 0.6) is 0 Å². The molecular weight excluding hydrogens is 396 g/mol. The third kappa shape index (κ3) is 3.41. The molecule has 0 bridgehead atoms. The first-order valence-corrected chi connectivity index (χ1v) is 11.5. The van der Waals surface area contributed by atoms with Gasteiger partial charge in [-0.1, -0.05) is 133 Å². The number of allylic oxidation sites excluding steroid dienone is 8. The maximum absolute atomic E-state index is 2.29. The van der Waals surface area contributed by atoms with Crippen molar-refractivity contribution in [2.75, 3.05) is 0 Å². The van der Waals surface area contributed by atoms with Gasteiger partial charge in [-0.2, -0.15) is 0 Å². The minimum atomic E-state index is 0.987. The molecule has 4 aromatic carbocycles. The fraction of sp³-hybridized carbons (Fsp3) is 0.0303. The SMILES string of the molecule is C1=CCC(c2ccccc2C2=C(c3ccccc3)C(c3ccccc3)=C2c2ccccc2)=C1. The molecule has 0 heterocycles. The number of hydrogen-bond acceptors (Lipinski definition) is 0. The summed E-state index contributed by atoms with van der Waals surface area (Å²) in [5.74, 6) is 0. The van der Waals surface area contributed by atoms with Crippen LogP contribution in [0.25, 0.3) is 27.9 Å². The quantitative estimate of drug-likeness (QED) is 0.303. The Morgan fingerprint density at radius 1 is 0.394 bits per heavy atom. The molecule has 0 nitrogen and oxygen atoms in total. The van der Waals surface area contributed by atoms with Crippen LogP contribution in [-0.4, -0.2) is 0 Å². The third-order valence-electron chi connectivity index (χ3n) is 6.50. The zero-order valence-corrected chi connectivity index (χ0v) is 18.4. The van der Waals surface area contributed by atoms with E-state index < -0.39 is 0 Å². The van der Waals surface area contributed by atoms with E-state index in [-0.39, 0.29) is 0 Å². The highest BCUT2D eigenvalue weighted by atomic mass is 14.4.